The van der Waals surface area contributed by atoms with Gasteiger partial charge in [0, 0.05) is 20.0 Å². The van der Waals surface area contributed by atoms with E-state index in [0.29, 0.717) is 12.8 Å². The topological polar surface area (TPSA) is 26.3 Å². The maximum absolute atomic E-state index is 11.5. The van der Waals surface area contributed by atoms with Crippen molar-refractivity contribution in [3.8, 4) is 0 Å². The molecule has 0 saturated carbocycles. The van der Waals surface area contributed by atoms with Crippen LogP contribution in [0.25, 0.3) is 0 Å². The van der Waals surface area contributed by atoms with Gasteiger partial charge in [-0.3, -0.25) is 4.79 Å². The van der Waals surface area contributed by atoms with E-state index in [1.807, 2.05) is 37.3 Å². The summed E-state index contributed by atoms with van der Waals surface area (Å²) in [5, 5.41) is 0. The number of hydrogen-bond acceptors (Lipinski definition) is 2. The zero-order valence-electron chi connectivity index (χ0n) is 8.69. The molecule has 0 amide bonds. The van der Waals surface area contributed by atoms with Crippen molar-refractivity contribution in [1.82, 2.24) is 0 Å². The van der Waals surface area contributed by atoms with Crippen LogP contribution in [-0.4, -0.2) is 19.0 Å². The van der Waals surface area contributed by atoms with Crippen molar-refractivity contribution in [2.45, 2.75) is 25.9 Å². The molecule has 0 spiro atoms. The highest BCUT2D eigenvalue weighted by atomic mass is 16.5. The van der Waals surface area contributed by atoms with Crippen molar-refractivity contribution in [1.29, 1.82) is 0 Å². The lowest BCUT2D eigenvalue weighted by Gasteiger charge is -2.07. The van der Waals surface area contributed by atoms with Gasteiger partial charge in [0.05, 0.1) is 6.10 Å². The van der Waals surface area contributed by atoms with Crippen LogP contribution in [-0.2, 0) is 16.0 Å². The van der Waals surface area contributed by atoms with Crippen LogP contribution < -0.4 is 0 Å². The summed E-state index contributed by atoms with van der Waals surface area (Å²) in [6.45, 7) is 1.91. The minimum absolute atomic E-state index is 0.0196. The summed E-state index contributed by atoms with van der Waals surface area (Å²) in [6, 6.07) is 9.78. The lowest BCUT2D eigenvalue weighted by Crippen LogP contribution is -2.13. The Balaban J connectivity index is 2.42. The number of benzene rings is 1. The van der Waals surface area contributed by atoms with Crippen LogP contribution in [0.4, 0.5) is 0 Å². The third kappa shape index (κ3) is 3.71. The molecule has 0 bridgehead atoms. The Hall–Kier alpha value is -1.15. The first-order valence-electron chi connectivity index (χ1n) is 4.81. The third-order valence-corrected chi connectivity index (χ3v) is 2.16. The van der Waals surface area contributed by atoms with E-state index in [1.165, 1.54) is 0 Å². The van der Waals surface area contributed by atoms with Crippen molar-refractivity contribution in [2.24, 2.45) is 0 Å². The van der Waals surface area contributed by atoms with E-state index in [-0.39, 0.29) is 11.9 Å². The van der Waals surface area contributed by atoms with E-state index in [1.54, 1.807) is 7.11 Å². The summed E-state index contributed by atoms with van der Waals surface area (Å²) in [5.41, 5.74) is 1.07. The molecular weight excluding hydrogens is 176 g/mol. The highest BCUT2D eigenvalue weighted by Gasteiger charge is 2.08. The third-order valence-electron chi connectivity index (χ3n) is 2.16. The summed E-state index contributed by atoms with van der Waals surface area (Å²) in [7, 11) is 1.63. The van der Waals surface area contributed by atoms with Gasteiger partial charge in [-0.05, 0) is 12.5 Å². The monoisotopic (exact) mass is 192 g/mol. The maximum atomic E-state index is 11.5. The lowest BCUT2D eigenvalue weighted by atomic mass is 10.1. The standard InChI is InChI=1S/C12H16O2/c1-10(14-2)8-12(13)9-11-6-4-3-5-7-11/h3-7,10H,8-9H2,1-2H3. The Kier molecular flexibility index (Phi) is 4.33. The highest BCUT2D eigenvalue weighted by molar-refractivity contribution is 5.81. The van der Waals surface area contributed by atoms with Crippen molar-refractivity contribution in [2.75, 3.05) is 7.11 Å². The van der Waals surface area contributed by atoms with Gasteiger partial charge in [-0.15, -0.1) is 0 Å². The van der Waals surface area contributed by atoms with Crippen LogP contribution in [0.1, 0.15) is 18.9 Å². The summed E-state index contributed by atoms with van der Waals surface area (Å²) >= 11 is 0. The molecule has 1 aromatic carbocycles. The van der Waals surface area contributed by atoms with Crippen molar-refractivity contribution >= 4 is 5.78 Å². The van der Waals surface area contributed by atoms with Gasteiger partial charge in [0.25, 0.3) is 0 Å². The number of hydrogen-bond donors (Lipinski definition) is 0. The second-order valence-electron chi connectivity index (χ2n) is 3.45. The predicted octanol–water partition coefficient (Wildman–Crippen LogP) is 2.22. The number of ketones is 1. The lowest BCUT2D eigenvalue weighted by molar-refractivity contribution is -0.120. The first-order chi connectivity index (χ1) is 6.72. The molecule has 0 N–H and O–H groups in total. The van der Waals surface area contributed by atoms with Crippen LogP contribution in [0, 0.1) is 0 Å². The van der Waals surface area contributed by atoms with Crippen molar-refractivity contribution in [3.05, 3.63) is 35.9 Å². The molecule has 2 heteroatoms. The molecule has 0 saturated heterocycles. The molecule has 0 fully saturated rings. The van der Waals surface area contributed by atoms with Crippen LogP contribution in [0.5, 0.6) is 0 Å². The Bertz CT molecular complexity index is 280. The van der Waals surface area contributed by atoms with E-state index in [2.05, 4.69) is 0 Å². The number of carbonyl (C=O) groups excluding carboxylic acids is 1. The molecule has 1 aromatic rings. The Morgan fingerprint density at radius 3 is 2.57 bits per heavy atom. The Morgan fingerprint density at radius 1 is 1.36 bits per heavy atom. The zero-order valence-corrected chi connectivity index (χ0v) is 8.69. The van der Waals surface area contributed by atoms with Crippen LogP contribution in [0.15, 0.2) is 30.3 Å². The summed E-state index contributed by atoms with van der Waals surface area (Å²) in [4.78, 5) is 11.5. The molecule has 1 unspecified atom stereocenters. The Labute approximate surface area is 84.9 Å². The quantitative estimate of drug-likeness (QED) is 0.715. The fourth-order valence-corrected chi connectivity index (χ4v) is 1.30. The van der Waals surface area contributed by atoms with Gasteiger partial charge in [-0.1, -0.05) is 30.3 Å². The number of carbonyl (C=O) groups is 1. The van der Waals surface area contributed by atoms with Crippen molar-refractivity contribution in [3.63, 3.8) is 0 Å². The van der Waals surface area contributed by atoms with E-state index < -0.39 is 0 Å². The summed E-state index contributed by atoms with van der Waals surface area (Å²) in [6.07, 6.45) is 1.02. The van der Waals surface area contributed by atoms with Gasteiger partial charge < -0.3 is 4.74 Å². The Morgan fingerprint density at radius 2 is 2.00 bits per heavy atom. The molecule has 2 nitrogen and oxygen atoms in total. The van der Waals surface area contributed by atoms with Gasteiger partial charge in [0.15, 0.2) is 0 Å². The highest BCUT2D eigenvalue weighted by Crippen LogP contribution is 2.04. The smallest absolute Gasteiger partial charge is 0.139 e. The largest absolute Gasteiger partial charge is 0.381 e. The normalized spacial score (nSPS) is 12.4. The van der Waals surface area contributed by atoms with Crippen LogP contribution >= 0.6 is 0 Å². The molecule has 1 rings (SSSR count). The average molecular weight is 192 g/mol. The molecular formula is C12H16O2. The molecule has 0 heterocycles. The fraction of sp³-hybridized carbons (Fsp3) is 0.417. The number of rotatable bonds is 5. The van der Waals surface area contributed by atoms with E-state index >= 15 is 0 Å². The minimum Gasteiger partial charge on any atom is -0.381 e. The second-order valence-corrected chi connectivity index (χ2v) is 3.45. The van der Waals surface area contributed by atoms with Gasteiger partial charge in [-0.25, -0.2) is 0 Å². The van der Waals surface area contributed by atoms with E-state index in [4.69, 9.17) is 4.74 Å². The number of ether oxygens (including phenoxy) is 1. The van der Waals surface area contributed by atoms with E-state index in [0.717, 1.165) is 5.56 Å². The summed E-state index contributed by atoms with van der Waals surface area (Å²) < 4.78 is 5.04. The average Bonchev–Trinajstić information content (AvgIpc) is 2.19. The zero-order chi connectivity index (χ0) is 10.4. The molecule has 14 heavy (non-hydrogen) atoms. The fourth-order valence-electron chi connectivity index (χ4n) is 1.30. The van der Waals surface area contributed by atoms with Crippen molar-refractivity contribution < 1.29 is 9.53 Å². The predicted molar refractivity (Wildman–Crippen MR) is 56.2 cm³/mol. The van der Waals surface area contributed by atoms with Gasteiger partial charge in [0.1, 0.15) is 5.78 Å². The molecule has 0 radical (unpaired) electrons. The molecule has 0 aromatic heterocycles. The molecule has 0 aliphatic heterocycles. The number of Topliss-reactive ketones (excluding diaryl/α,β-unsaturated/α-hetero) is 1. The van der Waals surface area contributed by atoms with Crippen LogP contribution in [0.2, 0.25) is 0 Å². The van der Waals surface area contributed by atoms with Gasteiger partial charge in [0.2, 0.25) is 0 Å². The van der Waals surface area contributed by atoms with E-state index in [9.17, 15) is 4.79 Å². The molecule has 76 valence electrons. The minimum atomic E-state index is 0.0196. The first kappa shape index (κ1) is 10.9. The SMILES string of the molecule is COC(C)CC(=O)Cc1ccccc1. The number of methoxy groups -OCH3 is 1. The molecule has 0 aliphatic carbocycles. The second kappa shape index (κ2) is 5.55. The molecule has 0 aliphatic rings. The van der Waals surface area contributed by atoms with Crippen LogP contribution in [0.3, 0.4) is 0 Å². The van der Waals surface area contributed by atoms with Gasteiger partial charge >= 0.3 is 0 Å². The molecule has 1 atom stereocenters. The summed E-state index contributed by atoms with van der Waals surface area (Å²) in [5.74, 6) is 0.227. The first-order valence-corrected chi connectivity index (χ1v) is 4.81. The maximum Gasteiger partial charge on any atom is 0.139 e. The van der Waals surface area contributed by atoms with Gasteiger partial charge in [-0.2, -0.15) is 0 Å².